The third kappa shape index (κ3) is 3.46. The zero-order chi connectivity index (χ0) is 17.9. The number of aliphatic hydroxyl groups excluding tert-OH is 1. The lowest BCUT2D eigenvalue weighted by molar-refractivity contribution is -0.392. The Balaban J connectivity index is 2.36. The van der Waals surface area contributed by atoms with Crippen molar-refractivity contribution in [3.63, 3.8) is 0 Å². The number of nitrogens with one attached hydrogen (secondary N) is 1. The first kappa shape index (κ1) is 17.3. The summed E-state index contributed by atoms with van der Waals surface area (Å²) in [4.78, 5) is 25.1. The van der Waals surface area contributed by atoms with Crippen LogP contribution in [0.3, 0.4) is 0 Å². The van der Waals surface area contributed by atoms with Crippen molar-refractivity contribution in [2.45, 2.75) is 26.9 Å². The van der Waals surface area contributed by atoms with Gasteiger partial charge in [0.1, 0.15) is 0 Å². The lowest BCUT2D eigenvalue weighted by atomic mass is 10.0. The summed E-state index contributed by atoms with van der Waals surface area (Å²) in [6.45, 7) is 2.67. The fourth-order valence-electron chi connectivity index (χ4n) is 2.25. The van der Waals surface area contributed by atoms with Gasteiger partial charge < -0.3 is 14.9 Å². The fourth-order valence-corrected chi connectivity index (χ4v) is 2.25. The summed E-state index contributed by atoms with van der Waals surface area (Å²) in [5, 5.41) is 38.1. The summed E-state index contributed by atoms with van der Waals surface area (Å²) in [6.07, 6.45) is 0.246. The van der Waals surface area contributed by atoms with Crippen molar-refractivity contribution in [2.24, 2.45) is 0 Å². The zero-order valence-electron chi connectivity index (χ0n) is 13.0. The van der Waals surface area contributed by atoms with Gasteiger partial charge in [0.25, 0.3) is 5.69 Å². The molecule has 2 aromatic rings. The van der Waals surface area contributed by atoms with Crippen LogP contribution in [-0.2, 0) is 13.0 Å². The number of nitro groups is 2. The van der Waals surface area contributed by atoms with Gasteiger partial charge in [-0.25, -0.2) is 0 Å². The largest absolute Gasteiger partial charge is 0.392 e. The van der Waals surface area contributed by atoms with Crippen LogP contribution in [0.15, 0.2) is 10.6 Å². The molecule has 0 bridgehead atoms. The van der Waals surface area contributed by atoms with Gasteiger partial charge in [0.15, 0.2) is 11.5 Å². The minimum atomic E-state index is -0.731. The van der Waals surface area contributed by atoms with Crippen molar-refractivity contribution in [3.05, 3.63) is 49.1 Å². The second kappa shape index (κ2) is 7.00. The molecule has 0 aliphatic carbocycles. The van der Waals surface area contributed by atoms with Crippen molar-refractivity contribution in [1.29, 1.82) is 0 Å². The van der Waals surface area contributed by atoms with Crippen LogP contribution in [0.25, 0.3) is 0 Å². The van der Waals surface area contributed by atoms with E-state index in [2.05, 4.69) is 15.5 Å². The molecule has 2 rings (SSSR count). The molecule has 11 heteroatoms. The third-order valence-corrected chi connectivity index (χ3v) is 3.40. The van der Waals surface area contributed by atoms with Crippen LogP contribution in [0.1, 0.15) is 22.8 Å². The Morgan fingerprint density at radius 2 is 2.00 bits per heavy atom. The number of rotatable bonds is 7. The molecule has 128 valence electrons. The van der Waals surface area contributed by atoms with Gasteiger partial charge in [-0.3, -0.25) is 20.2 Å². The first-order valence-corrected chi connectivity index (χ1v) is 6.94. The second-order valence-corrected chi connectivity index (χ2v) is 4.99. The topological polar surface area (TPSA) is 157 Å². The Morgan fingerprint density at radius 1 is 1.29 bits per heavy atom. The molecule has 1 heterocycles. The number of hydrogen-bond donors (Lipinski definition) is 2. The molecule has 0 fully saturated rings. The maximum Gasteiger partial charge on any atom is 0.302 e. The molecule has 0 aliphatic rings. The van der Waals surface area contributed by atoms with Crippen LogP contribution in [0.5, 0.6) is 0 Å². The maximum atomic E-state index is 11.3. The van der Waals surface area contributed by atoms with Crippen molar-refractivity contribution >= 4 is 17.1 Å². The lowest BCUT2D eigenvalue weighted by Crippen LogP contribution is -2.11. The molecule has 2 N–H and O–H groups in total. The van der Waals surface area contributed by atoms with Gasteiger partial charge in [0, 0.05) is 24.6 Å². The van der Waals surface area contributed by atoms with Crippen molar-refractivity contribution in [2.75, 3.05) is 11.9 Å². The monoisotopic (exact) mass is 337 g/mol. The highest BCUT2D eigenvalue weighted by Crippen LogP contribution is 2.39. The summed E-state index contributed by atoms with van der Waals surface area (Å²) in [5.74, 6) is 0.763. The molecule has 0 atom stereocenters. The van der Waals surface area contributed by atoms with Crippen LogP contribution in [-0.4, -0.2) is 31.6 Å². The van der Waals surface area contributed by atoms with Gasteiger partial charge in [-0.15, -0.1) is 0 Å². The Morgan fingerprint density at radius 3 is 2.50 bits per heavy atom. The van der Waals surface area contributed by atoms with E-state index >= 15 is 0 Å². The van der Waals surface area contributed by atoms with Gasteiger partial charge >= 0.3 is 5.69 Å². The predicted octanol–water partition coefficient (Wildman–Crippen LogP) is 1.65. The third-order valence-electron chi connectivity index (χ3n) is 3.40. The SMILES string of the molecule is Cc1noc(CCNc2c([N+](=O)[O-])cc(CO)c(C)c2[N+](=O)[O-])n1. The van der Waals surface area contributed by atoms with E-state index in [9.17, 15) is 25.3 Å². The molecule has 1 aromatic carbocycles. The Kier molecular flexibility index (Phi) is 5.04. The van der Waals surface area contributed by atoms with E-state index in [1.54, 1.807) is 6.92 Å². The number of benzene rings is 1. The number of nitro benzene ring substituents is 2. The Labute approximate surface area is 135 Å². The molecule has 11 nitrogen and oxygen atoms in total. The zero-order valence-corrected chi connectivity index (χ0v) is 13.0. The smallest absolute Gasteiger partial charge is 0.302 e. The molecule has 0 radical (unpaired) electrons. The van der Waals surface area contributed by atoms with Crippen LogP contribution in [0.2, 0.25) is 0 Å². The van der Waals surface area contributed by atoms with Crippen molar-refractivity contribution in [3.8, 4) is 0 Å². The van der Waals surface area contributed by atoms with Gasteiger partial charge in [-0.2, -0.15) is 4.98 Å². The molecule has 0 spiro atoms. The van der Waals surface area contributed by atoms with Gasteiger partial charge in [-0.1, -0.05) is 5.16 Å². The lowest BCUT2D eigenvalue weighted by Gasteiger charge is -2.11. The molecule has 0 unspecified atom stereocenters. The van der Waals surface area contributed by atoms with Crippen molar-refractivity contribution < 1.29 is 19.5 Å². The van der Waals surface area contributed by atoms with Crippen LogP contribution < -0.4 is 5.32 Å². The molecule has 0 amide bonds. The summed E-state index contributed by atoms with van der Waals surface area (Å²) in [5.41, 5.74) is -0.820. The molecule has 1 aromatic heterocycles. The van der Waals surface area contributed by atoms with E-state index in [-0.39, 0.29) is 29.8 Å². The number of nitrogens with zero attached hydrogens (tertiary/aromatic N) is 4. The van der Waals surface area contributed by atoms with Gasteiger partial charge in [-0.05, 0) is 19.4 Å². The van der Waals surface area contributed by atoms with E-state index in [1.165, 1.54) is 6.92 Å². The number of aromatic nitrogens is 2. The van der Waals surface area contributed by atoms with Crippen LogP contribution >= 0.6 is 0 Å². The second-order valence-electron chi connectivity index (χ2n) is 4.99. The molecule has 24 heavy (non-hydrogen) atoms. The highest BCUT2D eigenvalue weighted by atomic mass is 16.6. The first-order chi connectivity index (χ1) is 11.3. The number of aliphatic hydroxyl groups is 1. The van der Waals surface area contributed by atoms with Crippen LogP contribution in [0, 0.1) is 34.1 Å². The van der Waals surface area contributed by atoms with Gasteiger partial charge in [0.2, 0.25) is 5.89 Å². The average Bonchev–Trinajstić information content (AvgIpc) is 2.92. The Hall–Kier alpha value is -3.08. The highest BCUT2D eigenvalue weighted by Gasteiger charge is 2.30. The average molecular weight is 337 g/mol. The minimum absolute atomic E-state index is 0.126. The fraction of sp³-hybridized carbons (Fsp3) is 0.385. The minimum Gasteiger partial charge on any atom is -0.392 e. The standard InChI is InChI=1S/C13H15N5O6/c1-7-9(6-19)5-10(17(20)21)12(13(7)18(22)23)14-4-3-11-15-8(2)16-24-11/h5,14,19H,3-4,6H2,1-2H3. The molecular weight excluding hydrogens is 322 g/mol. The predicted molar refractivity (Wildman–Crippen MR) is 81.6 cm³/mol. The summed E-state index contributed by atoms with van der Waals surface area (Å²) in [6, 6.07) is 1.13. The molecular formula is C13H15N5O6. The Bertz CT molecular complexity index is 787. The number of anilines is 1. The number of hydrogen-bond acceptors (Lipinski definition) is 9. The maximum absolute atomic E-state index is 11.3. The summed E-state index contributed by atoms with van der Waals surface area (Å²) < 4.78 is 4.92. The van der Waals surface area contributed by atoms with E-state index < -0.39 is 27.8 Å². The highest BCUT2D eigenvalue weighted by molar-refractivity contribution is 5.77. The van der Waals surface area contributed by atoms with E-state index in [1.807, 2.05) is 0 Å². The first-order valence-electron chi connectivity index (χ1n) is 6.94. The quantitative estimate of drug-likeness (QED) is 0.566. The van der Waals surface area contributed by atoms with E-state index in [4.69, 9.17) is 4.52 Å². The van der Waals surface area contributed by atoms with Gasteiger partial charge in [0.05, 0.1) is 16.5 Å². The normalized spacial score (nSPS) is 10.6. The molecule has 0 saturated carbocycles. The summed E-state index contributed by atoms with van der Waals surface area (Å²) >= 11 is 0. The summed E-state index contributed by atoms with van der Waals surface area (Å²) in [7, 11) is 0. The van der Waals surface area contributed by atoms with E-state index in [0.717, 1.165) is 6.07 Å². The molecule has 0 aliphatic heterocycles. The van der Waals surface area contributed by atoms with E-state index in [0.29, 0.717) is 11.7 Å². The number of aryl methyl sites for hydroxylation is 1. The van der Waals surface area contributed by atoms with Crippen molar-refractivity contribution in [1.82, 2.24) is 10.1 Å². The molecule has 0 saturated heterocycles. The van der Waals surface area contributed by atoms with Crippen LogP contribution in [0.4, 0.5) is 17.1 Å².